The van der Waals surface area contributed by atoms with Crippen LogP contribution in [0.1, 0.15) is 130 Å². The summed E-state index contributed by atoms with van der Waals surface area (Å²) in [5.74, 6) is 1.64. The number of rotatable bonds is 5. The summed E-state index contributed by atoms with van der Waals surface area (Å²) in [5.41, 5.74) is 21.0. The van der Waals surface area contributed by atoms with Crippen LogP contribution in [0.5, 0.6) is 0 Å². The molecule has 406 valence electrons. The Morgan fingerprint density at radius 2 is 0.866 bits per heavy atom. The van der Waals surface area contributed by atoms with Crippen LogP contribution in [0.25, 0.3) is 133 Å². The Morgan fingerprint density at radius 3 is 1.60 bits per heavy atom. The summed E-state index contributed by atoms with van der Waals surface area (Å²) in [6.45, 7) is 31.8. The third kappa shape index (κ3) is 8.07. The van der Waals surface area contributed by atoms with Crippen molar-refractivity contribution in [2.24, 2.45) is 0 Å². The number of fused-ring (bicyclic) bond motifs is 12. The number of para-hydroxylation sites is 2. The second-order valence-corrected chi connectivity index (χ2v) is 27.6. The summed E-state index contributed by atoms with van der Waals surface area (Å²) in [4.78, 5) is 16.9. The summed E-state index contributed by atoms with van der Waals surface area (Å²) in [7, 11) is 0. The molecule has 0 bridgehead atoms. The summed E-state index contributed by atoms with van der Waals surface area (Å²) in [6.07, 6.45) is 0. The minimum absolute atomic E-state index is 0.105. The van der Waals surface area contributed by atoms with Gasteiger partial charge in [-0.2, -0.15) is 0 Å². The van der Waals surface area contributed by atoms with Gasteiger partial charge in [-0.1, -0.05) is 206 Å². The van der Waals surface area contributed by atoms with Gasteiger partial charge in [-0.05, 0) is 126 Å². The van der Waals surface area contributed by atoms with Crippen molar-refractivity contribution in [3.63, 3.8) is 0 Å². The van der Waals surface area contributed by atoms with Crippen molar-refractivity contribution in [3.05, 3.63) is 197 Å². The highest BCUT2D eigenvalue weighted by Gasteiger charge is 2.36. The van der Waals surface area contributed by atoms with Crippen molar-refractivity contribution in [1.29, 1.82) is 0 Å². The van der Waals surface area contributed by atoms with Crippen LogP contribution in [-0.2, 0) is 27.1 Å². The first-order valence-corrected chi connectivity index (χ1v) is 29.0. The molecule has 4 aromatic heterocycles. The molecule has 0 radical (unpaired) electrons. The zero-order valence-corrected chi connectivity index (χ0v) is 49.7. The number of furan rings is 3. The fourth-order valence-electron chi connectivity index (χ4n) is 13.1. The Kier molecular flexibility index (Phi) is 11.1. The van der Waals surface area contributed by atoms with Crippen molar-refractivity contribution in [3.8, 4) is 67.5 Å². The molecule has 1 aliphatic carbocycles. The van der Waals surface area contributed by atoms with Crippen molar-refractivity contribution in [2.75, 3.05) is 0 Å². The molecule has 4 heterocycles. The second kappa shape index (κ2) is 17.7. The zero-order valence-electron chi connectivity index (χ0n) is 49.7. The van der Waals surface area contributed by atoms with E-state index in [-0.39, 0.29) is 27.1 Å². The Balaban J connectivity index is 1.05. The highest BCUT2D eigenvalue weighted by atomic mass is 16.3. The van der Waals surface area contributed by atoms with E-state index in [0.29, 0.717) is 17.5 Å². The zero-order chi connectivity index (χ0) is 57.2. The molecule has 0 spiro atoms. The van der Waals surface area contributed by atoms with E-state index in [1.165, 1.54) is 33.4 Å². The van der Waals surface area contributed by atoms with Crippen molar-refractivity contribution in [1.82, 2.24) is 15.0 Å². The van der Waals surface area contributed by atoms with Crippen LogP contribution in [-0.4, -0.2) is 15.0 Å². The Morgan fingerprint density at radius 1 is 0.317 bits per heavy atom. The topological polar surface area (TPSA) is 78.1 Å². The van der Waals surface area contributed by atoms with E-state index < -0.39 is 0 Å². The average molecular weight is 1070 g/mol. The molecule has 13 aromatic rings. The SMILES string of the molecule is CC(C)(C)c1cc(-c2nc(-c3cccc4oc5ccccc5c34)nc(-c3ccc(C(C)(C)C)c4oc5c(C(C)(C)C)cc(-c6cccc(-c7ccc8c(c7)C(C)(C)c7ccccc7-8)c6)cc5c34)n2)c2c(c1)oc1c(C(C)(C)C)cccc12. The molecular weight excluding hydrogens is 1000 g/mol. The van der Waals surface area contributed by atoms with E-state index in [1.807, 2.05) is 24.3 Å². The van der Waals surface area contributed by atoms with Crippen LogP contribution >= 0.6 is 0 Å². The number of benzene rings is 9. The monoisotopic (exact) mass is 1070 g/mol. The molecule has 9 aromatic carbocycles. The molecule has 0 saturated carbocycles. The maximum Gasteiger partial charge on any atom is 0.164 e. The van der Waals surface area contributed by atoms with Gasteiger partial charge in [0, 0.05) is 71.1 Å². The number of aromatic nitrogens is 3. The predicted molar refractivity (Wildman–Crippen MR) is 341 cm³/mol. The average Bonchev–Trinajstić information content (AvgIpc) is 4.16. The third-order valence-electron chi connectivity index (χ3n) is 17.5. The standard InChI is InChI=1S/C76H69N3O3/c1-72(2,3)46-40-54(64-50-26-20-29-56(73(4,5)6)66(50)81-62(64)41-46)71-78-69(51-27-21-31-61-63(51)49-25-16-18-30-60(49)80-61)77-70(79-71)52-34-35-57(74(7,8)9)68-65(52)53-37-45(39-59(67(53)82-68)75(10,11)12)43-23-19-22-42(36-43)44-32-33-48-47-24-15-17-28-55(47)76(13,14)58(48)38-44/h15-41H,1-14H3. The lowest BCUT2D eigenvalue weighted by Crippen LogP contribution is -2.14. The fourth-order valence-corrected chi connectivity index (χ4v) is 13.1. The van der Waals surface area contributed by atoms with Gasteiger partial charge >= 0.3 is 0 Å². The summed E-state index contributed by atoms with van der Waals surface area (Å²) < 4.78 is 21.0. The number of nitrogens with zero attached hydrogens (tertiary/aromatic N) is 3. The molecule has 0 unspecified atom stereocenters. The first-order chi connectivity index (χ1) is 38.9. The highest BCUT2D eigenvalue weighted by Crippen LogP contribution is 2.51. The Bertz CT molecular complexity index is 4820. The normalized spacial score (nSPS) is 13.8. The van der Waals surface area contributed by atoms with Gasteiger partial charge in [0.15, 0.2) is 17.5 Å². The maximum absolute atomic E-state index is 7.42. The van der Waals surface area contributed by atoms with Crippen LogP contribution in [0.2, 0.25) is 0 Å². The van der Waals surface area contributed by atoms with Crippen LogP contribution in [0, 0.1) is 0 Å². The van der Waals surface area contributed by atoms with Crippen LogP contribution in [0.4, 0.5) is 0 Å². The third-order valence-corrected chi connectivity index (χ3v) is 17.5. The number of hydrogen-bond donors (Lipinski definition) is 0. The largest absolute Gasteiger partial charge is 0.456 e. The van der Waals surface area contributed by atoms with Gasteiger partial charge in [0.2, 0.25) is 0 Å². The summed E-state index contributed by atoms with van der Waals surface area (Å²) in [5, 5.41) is 5.94. The van der Waals surface area contributed by atoms with Gasteiger partial charge < -0.3 is 13.3 Å². The first-order valence-electron chi connectivity index (χ1n) is 29.0. The molecule has 0 amide bonds. The molecule has 0 aliphatic heterocycles. The van der Waals surface area contributed by atoms with Crippen LogP contribution in [0.15, 0.2) is 177 Å². The lowest BCUT2D eigenvalue weighted by molar-refractivity contribution is 0.557. The maximum atomic E-state index is 7.42. The minimum atomic E-state index is -0.286. The molecule has 14 rings (SSSR count). The fraction of sp³-hybridized carbons (Fsp3) is 0.250. The van der Waals surface area contributed by atoms with Crippen molar-refractivity contribution >= 4 is 65.8 Å². The van der Waals surface area contributed by atoms with E-state index in [2.05, 4.69) is 236 Å². The molecule has 0 atom stereocenters. The van der Waals surface area contributed by atoms with Gasteiger partial charge in [0.25, 0.3) is 0 Å². The molecule has 0 fully saturated rings. The van der Waals surface area contributed by atoms with Gasteiger partial charge in [-0.15, -0.1) is 0 Å². The molecule has 0 N–H and O–H groups in total. The van der Waals surface area contributed by atoms with Gasteiger partial charge in [0.1, 0.15) is 33.5 Å². The van der Waals surface area contributed by atoms with E-state index in [0.717, 1.165) is 116 Å². The van der Waals surface area contributed by atoms with Crippen LogP contribution in [0.3, 0.4) is 0 Å². The predicted octanol–water partition coefficient (Wildman–Crippen LogP) is 21.4. The lowest BCUT2D eigenvalue weighted by atomic mass is 9.81. The quantitative estimate of drug-likeness (QED) is 0.171. The molecule has 82 heavy (non-hydrogen) atoms. The van der Waals surface area contributed by atoms with E-state index in [1.54, 1.807) is 0 Å². The summed E-state index contributed by atoms with van der Waals surface area (Å²) in [6, 6.07) is 59.5. The summed E-state index contributed by atoms with van der Waals surface area (Å²) >= 11 is 0. The minimum Gasteiger partial charge on any atom is -0.456 e. The second-order valence-electron chi connectivity index (χ2n) is 27.6. The van der Waals surface area contributed by atoms with Crippen molar-refractivity contribution < 1.29 is 13.3 Å². The van der Waals surface area contributed by atoms with E-state index in [9.17, 15) is 0 Å². The smallest absolute Gasteiger partial charge is 0.164 e. The molecule has 6 heteroatoms. The van der Waals surface area contributed by atoms with Gasteiger partial charge in [-0.3, -0.25) is 0 Å². The van der Waals surface area contributed by atoms with Gasteiger partial charge in [-0.25, -0.2) is 15.0 Å². The van der Waals surface area contributed by atoms with Gasteiger partial charge in [0.05, 0.1) is 0 Å². The van der Waals surface area contributed by atoms with E-state index in [4.69, 9.17) is 28.2 Å². The Labute approximate surface area is 480 Å². The number of hydrogen-bond acceptors (Lipinski definition) is 6. The van der Waals surface area contributed by atoms with Crippen LogP contribution < -0.4 is 0 Å². The molecule has 0 saturated heterocycles. The molecule has 6 nitrogen and oxygen atoms in total. The van der Waals surface area contributed by atoms with E-state index >= 15 is 0 Å². The highest BCUT2D eigenvalue weighted by molar-refractivity contribution is 6.17. The molecular formula is C76H69N3O3. The van der Waals surface area contributed by atoms with Crippen molar-refractivity contribution in [2.45, 2.75) is 124 Å². The lowest BCUT2D eigenvalue weighted by Gasteiger charge is -2.22. The molecule has 1 aliphatic rings. The first kappa shape index (κ1) is 51.5. The Hall–Kier alpha value is -8.61.